The Morgan fingerprint density at radius 2 is 1.48 bits per heavy atom. The molecule has 2 aromatic rings. The lowest BCUT2D eigenvalue weighted by Gasteiger charge is -2.24. The van der Waals surface area contributed by atoms with Crippen molar-refractivity contribution in [3.05, 3.63) is 58.6 Å². The molecule has 0 aliphatic rings. The lowest BCUT2D eigenvalue weighted by atomic mass is 10.1. The van der Waals surface area contributed by atoms with E-state index in [-0.39, 0.29) is 5.91 Å². The highest BCUT2D eigenvalue weighted by molar-refractivity contribution is 6.30. The number of anilines is 2. The Morgan fingerprint density at radius 1 is 0.957 bits per heavy atom. The predicted octanol–water partition coefficient (Wildman–Crippen LogP) is 3.40. The van der Waals surface area contributed by atoms with E-state index in [1.165, 1.54) is 0 Å². The number of benzene rings is 2. The number of carbonyl (C=O) groups is 1. The van der Waals surface area contributed by atoms with Crippen molar-refractivity contribution < 1.29 is 4.79 Å². The first-order chi connectivity index (χ1) is 10.9. The summed E-state index contributed by atoms with van der Waals surface area (Å²) in [5, 5.41) is 3.61. The highest BCUT2D eigenvalue weighted by atomic mass is 35.5. The van der Waals surface area contributed by atoms with Crippen LogP contribution in [-0.2, 0) is 6.54 Å². The van der Waals surface area contributed by atoms with Crippen LogP contribution in [0.3, 0.4) is 0 Å². The van der Waals surface area contributed by atoms with E-state index in [0.29, 0.717) is 17.1 Å². The first-order valence-electron chi connectivity index (χ1n) is 7.40. The molecule has 0 heterocycles. The lowest BCUT2D eigenvalue weighted by Crippen LogP contribution is -2.26. The van der Waals surface area contributed by atoms with Gasteiger partial charge in [-0.2, -0.15) is 0 Å². The standard InChI is InChI=1S/C18H22ClN3O/c1-21(2)16-6-5-7-17(22(3)4)15(16)12-20-18(23)13-8-10-14(19)11-9-13/h5-11H,12H2,1-4H3,(H,20,23). The second-order valence-corrected chi connectivity index (χ2v) is 6.19. The monoisotopic (exact) mass is 331 g/mol. The summed E-state index contributed by atoms with van der Waals surface area (Å²) >= 11 is 5.86. The van der Waals surface area contributed by atoms with Crippen LogP contribution in [0.2, 0.25) is 5.02 Å². The largest absolute Gasteiger partial charge is 0.377 e. The topological polar surface area (TPSA) is 35.6 Å². The highest BCUT2D eigenvalue weighted by Crippen LogP contribution is 2.28. The van der Waals surface area contributed by atoms with Gasteiger partial charge in [0.2, 0.25) is 0 Å². The third-order valence-electron chi connectivity index (χ3n) is 3.62. The maximum Gasteiger partial charge on any atom is 0.251 e. The Bertz CT molecular complexity index is 655. The molecule has 0 saturated heterocycles. The summed E-state index contributed by atoms with van der Waals surface area (Å²) in [5.74, 6) is -0.111. The predicted molar refractivity (Wildman–Crippen MR) is 97.7 cm³/mol. The van der Waals surface area contributed by atoms with Crippen molar-refractivity contribution in [2.24, 2.45) is 0 Å². The van der Waals surface area contributed by atoms with Crippen LogP contribution in [0.15, 0.2) is 42.5 Å². The molecule has 1 N–H and O–H groups in total. The lowest BCUT2D eigenvalue weighted by molar-refractivity contribution is 0.0951. The molecule has 0 aliphatic heterocycles. The second-order valence-electron chi connectivity index (χ2n) is 5.75. The maximum absolute atomic E-state index is 12.3. The molecule has 0 aliphatic carbocycles. The summed E-state index contributed by atoms with van der Waals surface area (Å²) in [7, 11) is 8.00. The van der Waals surface area contributed by atoms with Gasteiger partial charge in [0.05, 0.1) is 0 Å². The van der Waals surface area contributed by atoms with E-state index in [1.807, 2.05) is 34.3 Å². The van der Waals surface area contributed by atoms with Crippen molar-refractivity contribution in [3.63, 3.8) is 0 Å². The molecular formula is C18H22ClN3O. The van der Waals surface area contributed by atoms with E-state index in [0.717, 1.165) is 16.9 Å². The van der Waals surface area contributed by atoms with Gasteiger partial charge in [0.25, 0.3) is 5.91 Å². The Kier molecular flexibility index (Phi) is 5.50. The van der Waals surface area contributed by atoms with Gasteiger partial charge in [-0.25, -0.2) is 0 Å². The number of hydrogen-bond acceptors (Lipinski definition) is 3. The van der Waals surface area contributed by atoms with E-state index in [2.05, 4.69) is 27.2 Å². The number of halogens is 1. The molecule has 5 heteroatoms. The van der Waals surface area contributed by atoms with Gasteiger partial charge in [-0.1, -0.05) is 17.7 Å². The summed E-state index contributed by atoms with van der Waals surface area (Å²) in [6, 6.07) is 13.0. The molecule has 1 amide bonds. The molecule has 2 aromatic carbocycles. The number of hydrogen-bond donors (Lipinski definition) is 1. The number of nitrogens with one attached hydrogen (secondary N) is 1. The zero-order valence-electron chi connectivity index (χ0n) is 13.9. The van der Waals surface area contributed by atoms with E-state index < -0.39 is 0 Å². The van der Waals surface area contributed by atoms with Gasteiger partial charge in [0.1, 0.15) is 0 Å². The number of carbonyl (C=O) groups excluding carboxylic acids is 1. The molecule has 0 spiro atoms. The fourth-order valence-corrected chi connectivity index (χ4v) is 2.58. The van der Waals surface area contributed by atoms with Crippen molar-refractivity contribution in [2.45, 2.75) is 6.54 Å². The maximum atomic E-state index is 12.3. The molecule has 0 unspecified atom stereocenters. The Balaban J connectivity index is 2.22. The summed E-state index contributed by atoms with van der Waals surface area (Å²) in [4.78, 5) is 16.4. The van der Waals surface area contributed by atoms with Gasteiger partial charge >= 0.3 is 0 Å². The van der Waals surface area contributed by atoms with Crippen LogP contribution in [0.25, 0.3) is 0 Å². The molecule has 0 aromatic heterocycles. The van der Waals surface area contributed by atoms with E-state index in [9.17, 15) is 4.79 Å². The molecule has 0 fully saturated rings. The third-order valence-corrected chi connectivity index (χ3v) is 3.87. The van der Waals surface area contributed by atoms with Crippen LogP contribution in [0, 0.1) is 0 Å². The number of nitrogens with zero attached hydrogens (tertiary/aromatic N) is 2. The third kappa shape index (κ3) is 4.17. The fraction of sp³-hybridized carbons (Fsp3) is 0.278. The van der Waals surface area contributed by atoms with Gasteiger partial charge < -0.3 is 15.1 Å². The average molecular weight is 332 g/mol. The Hall–Kier alpha value is -2.20. The number of rotatable bonds is 5. The fourth-order valence-electron chi connectivity index (χ4n) is 2.45. The molecule has 0 bridgehead atoms. The minimum atomic E-state index is -0.111. The smallest absolute Gasteiger partial charge is 0.251 e. The Morgan fingerprint density at radius 3 is 1.96 bits per heavy atom. The van der Waals surface area contributed by atoms with Gasteiger partial charge in [-0.3, -0.25) is 4.79 Å². The molecule has 2 rings (SSSR count). The molecule has 0 radical (unpaired) electrons. The van der Waals surface area contributed by atoms with Crippen LogP contribution < -0.4 is 15.1 Å². The first-order valence-corrected chi connectivity index (χ1v) is 7.78. The molecule has 23 heavy (non-hydrogen) atoms. The number of amides is 1. The van der Waals surface area contributed by atoms with Crippen molar-refractivity contribution in [1.29, 1.82) is 0 Å². The van der Waals surface area contributed by atoms with Crippen molar-refractivity contribution in [3.8, 4) is 0 Å². The normalized spacial score (nSPS) is 10.3. The zero-order valence-corrected chi connectivity index (χ0v) is 14.7. The summed E-state index contributed by atoms with van der Waals surface area (Å²) < 4.78 is 0. The Labute approximate surface area is 142 Å². The second kappa shape index (κ2) is 7.38. The first kappa shape index (κ1) is 17.2. The van der Waals surface area contributed by atoms with Gasteiger partial charge in [0, 0.05) is 62.3 Å². The van der Waals surface area contributed by atoms with Crippen LogP contribution in [0.5, 0.6) is 0 Å². The SMILES string of the molecule is CN(C)c1cccc(N(C)C)c1CNC(=O)c1ccc(Cl)cc1. The van der Waals surface area contributed by atoms with Crippen LogP contribution in [0.1, 0.15) is 15.9 Å². The van der Waals surface area contributed by atoms with Crippen molar-refractivity contribution >= 4 is 28.9 Å². The molecule has 122 valence electrons. The van der Waals surface area contributed by atoms with Crippen molar-refractivity contribution in [2.75, 3.05) is 38.0 Å². The zero-order chi connectivity index (χ0) is 17.0. The minimum absolute atomic E-state index is 0.111. The van der Waals surface area contributed by atoms with Gasteiger partial charge in [0.15, 0.2) is 0 Å². The van der Waals surface area contributed by atoms with Gasteiger partial charge in [-0.15, -0.1) is 0 Å². The highest BCUT2D eigenvalue weighted by Gasteiger charge is 2.13. The quantitative estimate of drug-likeness (QED) is 0.912. The molecular weight excluding hydrogens is 310 g/mol. The van der Waals surface area contributed by atoms with Crippen LogP contribution in [-0.4, -0.2) is 34.1 Å². The molecule has 4 nitrogen and oxygen atoms in total. The van der Waals surface area contributed by atoms with E-state index >= 15 is 0 Å². The molecule has 0 atom stereocenters. The summed E-state index contributed by atoms with van der Waals surface area (Å²) in [6.07, 6.45) is 0. The van der Waals surface area contributed by atoms with E-state index in [4.69, 9.17) is 11.6 Å². The van der Waals surface area contributed by atoms with Crippen LogP contribution >= 0.6 is 11.6 Å². The van der Waals surface area contributed by atoms with Crippen molar-refractivity contribution in [1.82, 2.24) is 5.32 Å². The molecule has 0 saturated carbocycles. The summed E-state index contributed by atoms with van der Waals surface area (Å²) in [6.45, 7) is 0.462. The summed E-state index contributed by atoms with van der Waals surface area (Å²) in [5.41, 5.74) is 3.87. The van der Waals surface area contributed by atoms with Crippen LogP contribution in [0.4, 0.5) is 11.4 Å². The minimum Gasteiger partial charge on any atom is -0.377 e. The average Bonchev–Trinajstić information content (AvgIpc) is 2.52. The van der Waals surface area contributed by atoms with E-state index in [1.54, 1.807) is 24.3 Å². The van der Waals surface area contributed by atoms with Gasteiger partial charge in [-0.05, 0) is 36.4 Å².